The van der Waals surface area contributed by atoms with Crippen LogP contribution in [-0.2, 0) is 16.1 Å². The maximum atomic E-state index is 11.5. The molecule has 0 bridgehead atoms. The van der Waals surface area contributed by atoms with Crippen LogP contribution in [0.1, 0.15) is 25.3 Å². The minimum atomic E-state index is -0.601. The first-order chi connectivity index (χ1) is 12.6. The summed E-state index contributed by atoms with van der Waals surface area (Å²) in [6, 6.07) is 14.2. The van der Waals surface area contributed by atoms with Crippen molar-refractivity contribution in [2.45, 2.75) is 32.2 Å². The fraction of sp³-hybridized carbons (Fsp3) is 0.381. The van der Waals surface area contributed by atoms with Crippen LogP contribution in [0.15, 0.2) is 42.5 Å². The van der Waals surface area contributed by atoms with Crippen LogP contribution in [0.2, 0.25) is 0 Å². The first kappa shape index (κ1) is 16.9. The van der Waals surface area contributed by atoms with Gasteiger partial charge in [-0.05, 0) is 35.4 Å². The lowest BCUT2D eigenvalue weighted by molar-refractivity contribution is -0.227. The Labute approximate surface area is 153 Å². The zero-order valence-corrected chi connectivity index (χ0v) is 15.2. The van der Waals surface area contributed by atoms with Gasteiger partial charge in [0.15, 0.2) is 0 Å². The van der Waals surface area contributed by atoms with Gasteiger partial charge in [-0.1, -0.05) is 18.2 Å². The van der Waals surface area contributed by atoms with Crippen LogP contribution < -0.4 is 9.47 Å². The number of amides is 1. The highest BCUT2D eigenvalue weighted by Gasteiger charge is 2.41. The minimum absolute atomic E-state index is 0.110. The third kappa shape index (κ3) is 3.15. The van der Waals surface area contributed by atoms with E-state index in [1.807, 2.05) is 29.2 Å². The Hall–Kier alpha value is -2.53. The molecule has 0 aromatic heterocycles. The van der Waals surface area contributed by atoms with Gasteiger partial charge in [-0.3, -0.25) is 4.79 Å². The number of piperidine rings is 1. The summed E-state index contributed by atoms with van der Waals surface area (Å²) < 4.78 is 17.7. The molecule has 0 aliphatic carbocycles. The molecule has 1 spiro atoms. The first-order valence-corrected chi connectivity index (χ1v) is 8.94. The van der Waals surface area contributed by atoms with Crippen LogP contribution in [-0.4, -0.2) is 36.8 Å². The largest absolute Gasteiger partial charge is 0.497 e. The summed E-state index contributed by atoms with van der Waals surface area (Å²) in [4.78, 5) is 13.4. The SMILES string of the molecule is COc1cccc(-c2ccc3c(c2)COC2(CCN(C(C)=O)CC2)O3)c1. The van der Waals surface area contributed by atoms with Gasteiger partial charge >= 0.3 is 0 Å². The predicted octanol–water partition coefficient (Wildman–Crippen LogP) is 3.61. The molecule has 2 aromatic carbocycles. The molecule has 2 aliphatic rings. The second-order valence-electron chi connectivity index (χ2n) is 6.86. The van der Waals surface area contributed by atoms with Crippen LogP contribution in [0, 0.1) is 0 Å². The molecule has 4 rings (SSSR count). The highest BCUT2D eigenvalue weighted by molar-refractivity contribution is 5.73. The Bertz CT molecular complexity index is 825. The summed E-state index contributed by atoms with van der Waals surface area (Å²) in [5.74, 6) is 1.22. The van der Waals surface area contributed by atoms with Crippen LogP contribution in [0.4, 0.5) is 0 Å². The van der Waals surface area contributed by atoms with Crippen molar-refractivity contribution in [2.75, 3.05) is 20.2 Å². The summed E-state index contributed by atoms with van der Waals surface area (Å²) in [5, 5.41) is 0. The molecule has 1 amide bonds. The van der Waals surface area contributed by atoms with E-state index in [2.05, 4.69) is 18.2 Å². The molecule has 1 fully saturated rings. The quantitative estimate of drug-likeness (QED) is 0.827. The van der Waals surface area contributed by atoms with E-state index in [9.17, 15) is 4.79 Å². The van der Waals surface area contributed by atoms with Gasteiger partial charge in [-0.15, -0.1) is 0 Å². The number of hydrogen-bond donors (Lipinski definition) is 0. The summed E-state index contributed by atoms with van der Waals surface area (Å²) in [6.45, 7) is 3.47. The molecule has 2 heterocycles. The summed E-state index contributed by atoms with van der Waals surface area (Å²) in [5.41, 5.74) is 3.25. The van der Waals surface area contributed by atoms with Crippen LogP contribution >= 0.6 is 0 Å². The van der Waals surface area contributed by atoms with E-state index >= 15 is 0 Å². The Kier molecular flexibility index (Phi) is 4.32. The van der Waals surface area contributed by atoms with Crippen molar-refractivity contribution in [3.63, 3.8) is 0 Å². The van der Waals surface area contributed by atoms with Gasteiger partial charge in [0.1, 0.15) is 11.5 Å². The zero-order chi connectivity index (χ0) is 18.1. The topological polar surface area (TPSA) is 48.0 Å². The Morgan fingerprint density at radius 2 is 1.88 bits per heavy atom. The second-order valence-corrected chi connectivity index (χ2v) is 6.86. The monoisotopic (exact) mass is 353 g/mol. The number of ether oxygens (including phenoxy) is 3. The number of benzene rings is 2. The normalized spacial score (nSPS) is 18.2. The number of fused-ring (bicyclic) bond motifs is 1. The van der Waals surface area contributed by atoms with E-state index in [1.165, 1.54) is 0 Å². The van der Waals surface area contributed by atoms with Gasteiger partial charge in [0.2, 0.25) is 11.7 Å². The zero-order valence-electron chi connectivity index (χ0n) is 15.2. The summed E-state index contributed by atoms with van der Waals surface area (Å²) in [7, 11) is 1.67. The molecular formula is C21H23NO4. The van der Waals surface area contributed by atoms with Crippen LogP contribution in [0.5, 0.6) is 11.5 Å². The smallest absolute Gasteiger partial charge is 0.219 e. The van der Waals surface area contributed by atoms with Crippen molar-refractivity contribution < 1.29 is 19.0 Å². The molecule has 5 nitrogen and oxygen atoms in total. The van der Waals surface area contributed by atoms with E-state index in [-0.39, 0.29) is 5.91 Å². The molecule has 136 valence electrons. The molecule has 5 heteroatoms. The molecule has 0 N–H and O–H groups in total. The minimum Gasteiger partial charge on any atom is -0.497 e. The lowest BCUT2D eigenvalue weighted by atomic mass is 9.99. The van der Waals surface area contributed by atoms with Crippen molar-refractivity contribution >= 4 is 5.91 Å². The predicted molar refractivity (Wildman–Crippen MR) is 98.1 cm³/mol. The molecule has 0 atom stereocenters. The average Bonchev–Trinajstić information content (AvgIpc) is 2.68. The van der Waals surface area contributed by atoms with E-state index in [1.54, 1.807) is 14.0 Å². The van der Waals surface area contributed by atoms with Gasteiger partial charge in [-0.2, -0.15) is 0 Å². The van der Waals surface area contributed by atoms with E-state index in [0.29, 0.717) is 32.5 Å². The molecular weight excluding hydrogens is 330 g/mol. The number of hydrogen-bond acceptors (Lipinski definition) is 4. The number of nitrogens with zero attached hydrogens (tertiary/aromatic N) is 1. The molecule has 0 unspecified atom stereocenters. The molecule has 1 saturated heterocycles. The summed E-state index contributed by atoms with van der Waals surface area (Å²) in [6.07, 6.45) is 1.40. The fourth-order valence-corrected chi connectivity index (χ4v) is 3.62. The van der Waals surface area contributed by atoms with Crippen molar-refractivity contribution in [3.05, 3.63) is 48.0 Å². The Morgan fingerprint density at radius 3 is 2.62 bits per heavy atom. The lowest BCUT2D eigenvalue weighted by Gasteiger charge is -2.43. The van der Waals surface area contributed by atoms with Crippen LogP contribution in [0.25, 0.3) is 11.1 Å². The maximum absolute atomic E-state index is 11.5. The van der Waals surface area contributed by atoms with Gasteiger partial charge in [-0.25, -0.2) is 0 Å². The number of rotatable bonds is 2. The molecule has 0 radical (unpaired) electrons. The van der Waals surface area contributed by atoms with Crippen molar-refractivity contribution in [1.82, 2.24) is 4.90 Å². The lowest BCUT2D eigenvalue weighted by Crippen LogP contribution is -2.52. The van der Waals surface area contributed by atoms with E-state index in [4.69, 9.17) is 14.2 Å². The Balaban J connectivity index is 1.54. The summed E-state index contributed by atoms with van der Waals surface area (Å²) >= 11 is 0. The van der Waals surface area contributed by atoms with Gasteiger partial charge < -0.3 is 19.1 Å². The average molecular weight is 353 g/mol. The standard InChI is InChI=1S/C21H23NO4/c1-15(23)22-10-8-21(9-11-22)25-14-18-12-17(6-7-20(18)26-21)16-4-3-5-19(13-16)24-2/h3-7,12-13H,8-11,14H2,1-2H3. The Morgan fingerprint density at radius 1 is 1.12 bits per heavy atom. The number of likely N-dealkylation sites (tertiary alicyclic amines) is 1. The van der Waals surface area contributed by atoms with Crippen molar-refractivity contribution in [1.29, 1.82) is 0 Å². The van der Waals surface area contributed by atoms with Crippen molar-refractivity contribution in [3.8, 4) is 22.6 Å². The third-order valence-corrected chi connectivity index (χ3v) is 5.22. The maximum Gasteiger partial charge on any atom is 0.219 e. The molecule has 26 heavy (non-hydrogen) atoms. The van der Waals surface area contributed by atoms with Crippen LogP contribution in [0.3, 0.4) is 0 Å². The fourth-order valence-electron chi connectivity index (χ4n) is 3.62. The first-order valence-electron chi connectivity index (χ1n) is 8.94. The van der Waals surface area contributed by atoms with Crippen molar-refractivity contribution in [2.24, 2.45) is 0 Å². The highest BCUT2D eigenvalue weighted by Crippen LogP contribution is 2.39. The highest BCUT2D eigenvalue weighted by atomic mass is 16.7. The third-order valence-electron chi connectivity index (χ3n) is 5.22. The second kappa shape index (κ2) is 6.65. The van der Waals surface area contributed by atoms with Gasteiger partial charge in [0, 0.05) is 38.4 Å². The number of methoxy groups -OCH3 is 1. The van der Waals surface area contributed by atoms with Gasteiger partial charge in [0.05, 0.1) is 13.7 Å². The number of carbonyl (C=O) groups is 1. The molecule has 2 aromatic rings. The van der Waals surface area contributed by atoms with E-state index in [0.717, 1.165) is 28.2 Å². The van der Waals surface area contributed by atoms with E-state index < -0.39 is 5.79 Å². The molecule has 2 aliphatic heterocycles. The number of carbonyl (C=O) groups excluding carboxylic acids is 1. The van der Waals surface area contributed by atoms with Gasteiger partial charge in [0.25, 0.3) is 0 Å². The molecule has 0 saturated carbocycles.